The third-order valence-corrected chi connectivity index (χ3v) is 7.97. The monoisotopic (exact) mass is 635 g/mol. The molecule has 3 aromatic rings. The summed E-state index contributed by atoms with van der Waals surface area (Å²) in [6.07, 6.45) is 1.85. The molecule has 0 saturated carbocycles. The van der Waals surface area contributed by atoms with E-state index in [1.165, 1.54) is 17.3 Å². The van der Waals surface area contributed by atoms with E-state index in [1.807, 2.05) is 81.4 Å². The lowest BCUT2D eigenvalue weighted by Gasteiger charge is -2.16. The van der Waals surface area contributed by atoms with Crippen molar-refractivity contribution in [1.29, 1.82) is 0 Å². The number of nitrogens with zero attached hydrogens (tertiary/aromatic N) is 1. The highest BCUT2D eigenvalue weighted by atomic mass is 127. The predicted molar refractivity (Wildman–Crippen MR) is 158 cm³/mol. The molecule has 0 bridgehead atoms. The number of hydrogen-bond donors (Lipinski definition) is 0. The molecule has 180 valence electrons. The van der Waals surface area contributed by atoms with Gasteiger partial charge in [0.2, 0.25) is 0 Å². The maximum Gasteiger partial charge on any atom is 0.270 e. The Balaban J connectivity index is 1.61. The van der Waals surface area contributed by atoms with Crippen LogP contribution < -0.4 is 14.4 Å². The highest BCUT2D eigenvalue weighted by Crippen LogP contribution is 2.39. The Hall–Kier alpha value is -2.07. The Morgan fingerprint density at radius 2 is 1.86 bits per heavy atom. The fraction of sp³-hybridized carbons (Fsp3) is 0.185. The van der Waals surface area contributed by atoms with Gasteiger partial charge in [0.1, 0.15) is 6.61 Å². The molecular formula is C27H23ClINO3S2. The molecule has 1 amide bonds. The first-order valence-corrected chi connectivity index (χ1v) is 13.6. The fourth-order valence-corrected chi connectivity index (χ4v) is 5.82. The number of hydrogen-bond acceptors (Lipinski definition) is 5. The summed E-state index contributed by atoms with van der Waals surface area (Å²) in [5.74, 6) is 1.13. The molecule has 0 radical (unpaired) electrons. The Morgan fingerprint density at radius 3 is 2.57 bits per heavy atom. The van der Waals surface area contributed by atoms with Gasteiger partial charge in [0, 0.05) is 10.6 Å². The van der Waals surface area contributed by atoms with Crippen molar-refractivity contribution in [2.24, 2.45) is 0 Å². The van der Waals surface area contributed by atoms with Crippen molar-refractivity contribution in [3.8, 4) is 11.5 Å². The second kappa shape index (κ2) is 11.3. The first kappa shape index (κ1) is 26.0. The van der Waals surface area contributed by atoms with Crippen LogP contribution in [-0.2, 0) is 11.4 Å². The van der Waals surface area contributed by atoms with E-state index >= 15 is 0 Å². The van der Waals surface area contributed by atoms with Crippen molar-refractivity contribution in [1.82, 2.24) is 0 Å². The highest BCUT2D eigenvalue weighted by Gasteiger charge is 2.33. The molecule has 0 spiro atoms. The normalized spacial score (nSPS) is 14.7. The number of carbonyl (C=O) groups excluding carboxylic acids is 1. The van der Waals surface area contributed by atoms with Crippen molar-refractivity contribution in [2.75, 3.05) is 11.5 Å². The molecule has 1 heterocycles. The minimum Gasteiger partial charge on any atom is -0.490 e. The molecule has 0 atom stereocenters. The number of anilines is 1. The maximum absolute atomic E-state index is 13.2. The summed E-state index contributed by atoms with van der Waals surface area (Å²) >= 11 is 15.3. The standard InChI is InChI=1S/C27H23ClINO3S2/c1-4-32-23-13-18(12-22(29)25(23)33-15-19-7-5-6-8-21(19)28)14-24-26(31)30(27(34)35-24)20-10-9-16(2)17(3)11-20/h5-14H,4,15H2,1-3H3/b24-14+. The van der Waals surface area contributed by atoms with Gasteiger partial charge in [-0.1, -0.05) is 59.8 Å². The van der Waals surface area contributed by atoms with Crippen molar-refractivity contribution in [3.05, 3.63) is 90.3 Å². The molecule has 0 unspecified atom stereocenters. The van der Waals surface area contributed by atoms with Gasteiger partial charge in [0.25, 0.3) is 5.91 Å². The van der Waals surface area contributed by atoms with Crippen LogP contribution in [0.2, 0.25) is 5.02 Å². The zero-order valence-electron chi connectivity index (χ0n) is 19.4. The van der Waals surface area contributed by atoms with Crippen molar-refractivity contribution in [2.45, 2.75) is 27.4 Å². The molecular weight excluding hydrogens is 613 g/mol. The summed E-state index contributed by atoms with van der Waals surface area (Å²) in [5.41, 5.74) is 4.80. The predicted octanol–water partition coefficient (Wildman–Crippen LogP) is 7.94. The molecule has 4 rings (SSSR count). The van der Waals surface area contributed by atoms with E-state index in [9.17, 15) is 4.79 Å². The van der Waals surface area contributed by atoms with E-state index in [4.69, 9.17) is 33.3 Å². The van der Waals surface area contributed by atoms with E-state index in [1.54, 1.807) is 4.90 Å². The number of rotatable bonds is 7. The maximum atomic E-state index is 13.2. The second-order valence-corrected chi connectivity index (χ2v) is 11.2. The molecule has 4 nitrogen and oxygen atoms in total. The summed E-state index contributed by atoms with van der Waals surface area (Å²) in [6.45, 7) is 6.80. The molecule has 1 aliphatic heterocycles. The van der Waals surface area contributed by atoms with Crippen LogP contribution >= 0.6 is 58.2 Å². The number of amides is 1. The largest absolute Gasteiger partial charge is 0.490 e. The average molecular weight is 636 g/mol. The van der Waals surface area contributed by atoms with Gasteiger partial charge in [-0.15, -0.1) is 0 Å². The molecule has 1 saturated heterocycles. The van der Waals surface area contributed by atoms with Gasteiger partial charge in [-0.25, -0.2) is 0 Å². The fourth-order valence-electron chi connectivity index (χ4n) is 3.55. The molecule has 0 aromatic heterocycles. The van der Waals surface area contributed by atoms with Crippen LogP contribution in [0.25, 0.3) is 6.08 Å². The van der Waals surface area contributed by atoms with Crippen LogP contribution in [0.15, 0.2) is 59.5 Å². The minimum atomic E-state index is -0.129. The van der Waals surface area contributed by atoms with Gasteiger partial charge in [-0.3, -0.25) is 9.69 Å². The SMILES string of the molecule is CCOc1cc(/C=C2/SC(=S)N(c3ccc(C)c(C)c3)C2=O)cc(I)c1OCc1ccccc1Cl. The smallest absolute Gasteiger partial charge is 0.270 e. The number of carbonyl (C=O) groups is 1. The molecule has 0 aliphatic carbocycles. The number of benzene rings is 3. The number of ether oxygens (including phenoxy) is 2. The second-order valence-electron chi connectivity index (χ2n) is 7.93. The van der Waals surface area contributed by atoms with E-state index < -0.39 is 0 Å². The first-order valence-electron chi connectivity index (χ1n) is 11.0. The third kappa shape index (κ3) is 5.85. The zero-order chi connectivity index (χ0) is 25.1. The summed E-state index contributed by atoms with van der Waals surface area (Å²) in [6, 6.07) is 17.4. The number of thiocarbonyl (C=S) groups is 1. The zero-order valence-corrected chi connectivity index (χ0v) is 24.0. The highest BCUT2D eigenvalue weighted by molar-refractivity contribution is 14.1. The first-order chi connectivity index (χ1) is 16.8. The summed E-state index contributed by atoms with van der Waals surface area (Å²) in [5, 5.41) is 0.655. The molecule has 35 heavy (non-hydrogen) atoms. The molecule has 0 N–H and O–H groups in total. The summed E-state index contributed by atoms with van der Waals surface area (Å²) in [7, 11) is 0. The van der Waals surface area contributed by atoms with Crippen molar-refractivity contribution < 1.29 is 14.3 Å². The lowest BCUT2D eigenvalue weighted by Crippen LogP contribution is -2.27. The average Bonchev–Trinajstić information content (AvgIpc) is 3.09. The van der Waals surface area contributed by atoms with E-state index in [2.05, 4.69) is 22.6 Å². The molecule has 1 aliphatic rings. The van der Waals surface area contributed by atoms with Gasteiger partial charge in [0.05, 0.1) is 20.8 Å². The molecule has 1 fully saturated rings. The van der Waals surface area contributed by atoms with Crippen LogP contribution in [-0.4, -0.2) is 16.8 Å². The van der Waals surface area contributed by atoms with Crippen molar-refractivity contribution in [3.63, 3.8) is 0 Å². The van der Waals surface area contributed by atoms with Gasteiger partial charge in [-0.05, 0) is 96.5 Å². The Morgan fingerprint density at radius 1 is 1.09 bits per heavy atom. The molecule has 3 aromatic carbocycles. The lowest BCUT2D eigenvalue weighted by atomic mass is 10.1. The van der Waals surface area contributed by atoms with Crippen molar-refractivity contribution >= 4 is 80.2 Å². The minimum absolute atomic E-state index is 0.129. The van der Waals surface area contributed by atoms with Crippen LogP contribution in [0.1, 0.15) is 29.2 Å². The van der Waals surface area contributed by atoms with Crippen LogP contribution in [0.3, 0.4) is 0 Å². The van der Waals surface area contributed by atoms with Gasteiger partial charge >= 0.3 is 0 Å². The summed E-state index contributed by atoms with van der Waals surface area (Å²) in [4.78, 5) is 15.4. The number of halogens is 2. The van der Waals surface area contributed by atoms with E-state index in [0.29, 0.717) is 39.0 Å². The molecule has 8 heteroatoms. The lowest BCUT2D eigenvalue weighted by molar-refractivity contribution is -0.113. The van der Waals surface area contributed by atoms with Crippen LogP contribution in [0.4, 0.5) is 5.69 Å². The topological polar surface area (TPSA) is 38.8 Å². The Bertz CT molecular complexity index is 1340. The van der Waals surface area contributed by atoms with Crippen LogP contribution in [0.5, 0.6) is 11.5 Å². The van der Waals surface area contributed by atoms with E-state index in [0.717, 1.165) is 25.9 Å². The quantitative estimate of drug-likeness (QED) is 0.150. The summed E-state index contributed by atoms with van der Waals surface area (Å²) < 4.78 is 13.4. The van der Waals surface area contributed by atoms with Gasteiger partial charge < -0.3 is 9.47 Å². The van der Waals surface area contributed by atoms with Gasteiger partial charge in [-0.2, -0.15) is 0 Å². The van der Waals surface area contributed by atoms with E-state index in [-0.39, 0.29) is 5.91 Å². The Labute approximate surface area is 233 Å². The van der Waals surface area contributed by atoms with Crippen LogP contribution in [0, 0.1) is 17.4 Å². The Kier molecular flexibility index (Phi) is 8.42. The van der Waals surface area contributed by atoms with Gasteiger partial charge in [0.15, 0.2) is 15.8 Å². The third-order valence-electron chi connectivity index (χ3n) is 5.50. The number of aryl methyl sites for hydroxylation is 2. The number of thioether (sulfide) groups is 1.